The van der Waals surface area contributed by atoms with Gasteiger partial charge < -0.3 is 20.5 Å². The smallest absolute Gasteiger partial charge is 0.232 e. The van der Waals surface area contributed by atoms with Gasteiger partial charge in [0, 0.05) is 12.2 Å². The van der Waals surface area contributed by atoms with Gasteiger partial charge in [0.2, 0.25) is 5.91 Å². The molecule has 0 radical (unpaired) electrons. The Balaban J connectivity index is 1.97. The molecule has 19 heavy (non-hydrogen) atoms. The van der Waals surface area contributed by atoms with Gasteiger partial charge in [-0.05, 0) is 25.1 Å². The summed E-state index contributed by atoms with van der Waals surface area (Å²) in [6.07, 6.45) is 2.53. The fourth-order valence-electron chi connectivity index (χ4n) is 2.05. The third kappa shape index (κ3) is 3.42. The van der Waals surface area contributed by atoms with E-state index in [0.29, 0.717) is 13.2 Å². The molecule has 1 aromatic rings. The third-order valence-electron chi connectivity index (χ3n) is 3.10. The SMILES string of the molecule is CCCNC1COCC1C(=O)Nc1ncccc1O. The van der Waals surface area contributed by atoms with Gasteiger partial charge in [-0.3, -0.25) is 4.79 Å². The molecule has 0 bridgehead atoms. The molecule has 104 valence electrons. The predicted molar refractivity (Wildman–Crippen MR) is 70.9 cm³/mol. The van der Waals surface area contributed by atoms with Gasteiger partial charge in [0.25, 0.3) is 0 Å². The average Bonchev–Trinajstić information content (AvgIpc) is 2.87. The zero-order valence-corrected chi connectivity index (χ0v) is 10.9. The number of carbonyl (C=O) groups is 1. The van der Waals surface area contributed by atoms with Crippen molar-refractivity contribution in [1.82, 2.24) is 10.3 Å². The topological polar surface area (TPSA) is 83.5 Å². The molecule has 3 N–H and O–H groups in total. The number of aromatic hydroxyl groups is 1. The highest BCUT2D eigenvalue weighted by atomic mass is 16.5. The molecule has 2 atom stereocenters. The maximum Gasteiger partial charge on any atom is 0.232 e. The van der Waals surface area contributed by atoms with Gasteiger partial charge in [0.1, 0.15) is 0 Å². The van der Waals surface area contributed by atoms with E-state index in [1.165, 1.54) is 12.3 Å². The lowest BCUT2D eigenvalue weighted by Gasteiger charge is -2.18. The van der Waals surface area contributed by atoms with Gasteiger partial charge in [-0.1, -0.05) is 6.92 Å². The molecule has 2 rings (SSSR count). The molecule has 1 fully saturated rings. The summed E-state index contributed by atoms with van der Waals surface area (Å²) in [4.78, 5) is 16.1. The second-order valence-electron chi connectivity index (χ2n) is 4.56. The lowest BCUT2D eigenvalue weighted by molar-refractivity contribution is -0.120. The van der Waals surface area contributed by atoms with Crippen molar-refractivity contribution in [2.45, 2.75) is 19.4 Å². The summed E-state index contributed by atoms with van der Waals surface area (Å²) in [7, 11) is 0. The average molecular weight is 265 g/mol. The standard InChI is InChI=1S/C13H19N3O3/c1-2-5-14-10-8-19-7-9(10)13(18)16-12-11(17)4-3-6-15-12/h3-4,6,9-10,14,17H,2,5,7-8H2,1H3,(H,15,16,18). The number of nitrogens with one attached hydrogen (secondary N) is 2. The summed E-state index contributed by atoms with van der Waals surface area (Å²) >= 11 is 0. The van der Waals surface area contributed by atoms with Crippen LogP contribution in [0.2, 0.25) is 0 Å². The van der Waals surface area contributed by atoms with E-state index in [9.17, 15) is 9.90 Å². The van der Waals surface area contributed by atoms with Crippen LogP contribution in [0.15, 0.2) is 18.3 Å². The molecule has 2 unspecified atom stereocenters. The van der Waals surface area contributed by atoms with Crippen molar-refractivity contribution in [2.24, 2.45) is 5.92 Å². The van der Waals surface area contributed by atoms with Crippen LogP contribution in [0.5, 0.6) is 5.75 Å². The summed E-state index contributed by atoms with van der Waals surface area (Å²) < 4.78 is 5.35. The largest absolute Gasteiger partial charge is 0.504 e. The maximum absolute atomic E-state index is 12.2. The summed E-state index contributed by atoms with van der Waals surface area (Å²) in [6, 6.07) is 3.11. The van der Waals surface area contributed by atoms with Crippen LogP contribution in [-0.4, -0.2) is 41.8 Å². The first-order valence-electron chi connectivity index (χ1n) is 6.48. The predicted octanol–water partition coefficient (Wildman–Crippen LogP) is 0.740. The number of aromatic nitrogens is 1. The van der Waals surface area contributed by atoms with Gasteiger partial charge in [0.05, 0.1) is 19.1 Å². The number of anilines is 1. The van der Waals surface area contributed by atoms with E-state index in [1.807, 2.05) is 0 Å². The molecule has 1 aromatic heterocycles. The second kappa shape index (κ2) is 6.49. The highest BCUT2D eigenvalue weighted by Gasteiger charge is 2.33. The van der Waals surface area contributed by atoms with Crippen LogP contribution in [0.1, 0.15) is 13.3 Å². The van der Waals surface area contributed by atoms with Crippen molar-refractivity contribution in [3.8, 4) is 5.75 Å². The van der Waals surface area contributed by atoms with Crippen LogP contribution in [0.3, 0.4) is 0 Å². The molecule has 1 aliphatic rings. The fourth-order valence-corrected chi connectivity index (χ4v) is 2.05. The first-order valence-corrected chi connectivity index (χ1v) is 6.48. The quantitative estimate of drug-likeness (QED) is 0.731. The highest BCUT2D eigenvalue weighted by Crippen LogP contribution is 2.21. The molecule has 0 saturated carbocycles. The summed E-state index contributed by atoms with van der Waals surface area (Å²) in [6.45, 7) is 3.85. The summed E-state index contributed by atoms with van der Waals surface area (Å²) in [5, 5.41) is 15.5. The van der Waals surface area contributed by atoms with Crippen LogP contribution < -0.4 is 10.6 Å². The lowest BCUT2D eigenvalue weighted by atomic mass is 10.0. The van der Waals surface area contributed by atoms with Crippen LogP contribution >= 0.6 is 0 Å². The van der Waals surface area contributed by atoms with E-state index < -0.39 is 0 Å². The number of pyridine rings is 1. The number of hydrogen-bond donors (Lipinski definition) is 3. The summed E-state index contributed by atoms with van der Waals surface area (Å²) in [5.41, 5.74) is 0. The Bertz CT molecular complexity index is 439. The Morgan fingerprint density at radius 2 is 2.42 bits per heavy atom. The second-order valence-corrected chi connectivity index (χ2v) is 4.56. The minimum atomic E-state index is -0.257. The lowest BCUT2D eigenvalue weighted by Crippen LogP contribution is -2.41. The van der Waals surface area contributed by atoms with E-state index in [0.717, 1.165) is 13.0 Å². The van der Waals surface area contributed by atoms with Gasteiger partial charge >= 0.3 is 0 Å². The van der Waals surface area contributed by atoms with E-state index >= 15 is 0 Å². The fraction of sp³-hybridized carbons (Fsp3) is 0.538. The molecule has 0 aromatic carbocycles. The van der Waals surface area contributed by atoms with Gasteiger partial charge in [-0.15, -0.1) is 0 Å². The van der Waals surface area contributed by atoms with Gasteiger partial charge in [-0.25, -0.2) is 4.98 Å². The van der Waals surface area contributed by atoms with Crippen molar-refractivity contribution in [3.63, 3.8) is 0 Å². The van der Waals surface area contributed by atoms with Crippen molar-refractivity contribution >= 4 is 11.7 Å². The van der Waals surface area contributed by atoms with Gasteiger partial charge in [-0.2, -0.15) is 0 Å². The molecule has 0 spiro atoms. The number of carbonyl (C=O) groups excluding carboxylic acids is 1. The van der Waals surface area contributed by atoms with E-state index in [1.54, 1.807) is 6.07 Å². The maximum atomic E-state index is 12.2. The monoisotopic (exact) mass is 265 g/mol. The highest BCUT2D eigenvalue weighted by molar-refractivity contribution is 5.93. The van der Waals surface area contributed by atoms with Crippen LogP contribution in [0, 0.1) is 5.92 Å². The number of rotatable bonds is 5. The minimum Gasteiger partial charge on any atom is -0.504 e. The van der Waals surface area contributed by atoms with Crippen molar-refractivity contribution in [1.29, 1.82) is 0 Å². The summed E-state index contributed by atoms with van der Waals surface area (Å²) in [5.74, 6) is -0.283. The van der Waals surface area contributed by atoms with Crippen molar-refractivity contribution in [3.05, 3.63) is 18.3 Å². The van der Waals surface area contributed by atoms with Crippen LogP contribution in [0.25, 0.3) is 0 Å². The minimum absolute atomic E-state index is 0.0193. The van der Waals surface area contributed by atoms with Crippen molar-refractivity contribution in [2.75, 3.05) is 25.1 Å². The first kappa shape index (κ1) is 13.8. The first-order chi connectivity index (χ1) is 9.22. The molecule has 2 heterocycles. The Morgan fingerprint density at radius 3 is 3.16 bits per heavy atom. The number of hydrogen-bond acceptors (Lipinski definition) is 5. The van der Waals surface area contributed by atoms with Gasteiger partial charge in [0.15, 0.2) is 11.6 Å². The van der Waals surface area contributed by atoms with Crippen LogP contribution in [-0.2, 0) is 9.53 Å². The number of amides is 1. The molecule has 0 aliphatic carbocycles. The molecule has 1 aliphatic heterocycles. The Morgan fingerprint density at radius 1 is 1.58 bits per heavy atom. The molecule has 6 nitrogen and oxygen atoms in total. The Kier molecular flexibility index (Phi) is 4.70. The molecular weight excluding hydrogens is 246 g/mol. The van der Waals surface area contributed by atoms with E-state index in [4.69, 9.17) is 4.74 Å². The van der Waals surface area contributed by atoms with Crippen LogP contribution in [0.4, 0.5) is 5.82 Å². The van der Waals surface area contributed by atoms with E-state index in [2.05, 4.69) is 22.5 Å². The number of nitrogens with zero attached hydrogens (tertiary/aromatic N) is 1. The zero-order valence-electron chi connectivity index (χ0n) is 10.9. The molecular formula is C13H19N3O3. The molecule has 1 amide bonds. The molecule has 1 saturated heterocycles. The van der Waals surface area contributed by atoms with Crippen molar-refractivity contribution < 1.29 is 14.6 Å². The molecule has 6 heteroatoms. The number of ether oxygens (including phenoxy) is 1. The Hall–Kier alpha value is -1.66. The normalized spacial score (nSPS) is 22.4. The Labute approximate surface area is 112 Å². The van der Waals surface area contributed by atoms with E-state index in [-0.39, 0.29) is 29.4 Å². The third-order valence-corrected chi connectivity index (χ3v) is 3.10. The zero-order chi connectivity index (χ0) is 13.7.